The topological polar surface area (TPSA) is 256 Å². The molecule has 4 aromatic rings. The van der Waals surface area contributed by atoms with Crippen molar-refractivity contribution in [2.75, 3.05) is 13.2 Å². The zero-order chi connectivity index (χ0) is 60.6. The number of primary amides is 2. The number of nitrogens with two attached hydrogens (primary N) is 2. The third kappa shape index (κ3) is 22.5. The minimum absolute atomic E-state index is 0.0392. The van der Waals surface area contributed by atoms with Crippen LogP contribution in [0.25, 0.3) is 0 Å². The average molecular weight is 1200 g/mol. The molecule has 4 aliphatic heterocycles. The van der Waals surface area contributed by atoms with Gasteiger partial charge in [-0.1, -0.05) is 254 Å². The third-order valence-corrected chi connectivity index (χ3v) is 16.6. The summed E-state index contributed by atoms with van der Waals surface area (Å²) in [4.78, 5) is 56.0. The van der Waals surface area contributed by atoms with Crippen LogP contribution >= 0.6 is 0 Å². The molecule has 86 heavy (non-hydrogen) atoms. The zero-order valence-corrected chi connectivity index (χ0v) is 51.5. The molecule has 2 aromatic heterocycles. The zero-order valence-electron chi connectivity index (χ0n) is 51.5. The van der Waals surface area contributed by atoms with Crippen LogP contribution in [0, 0.1) is 0 Å². The first-order chi connectivity index (χ1) is 42.1. The fraction of sp³-hybridized carbons (Fsp3) is 0.697. The van der Waals surface area contributed by atoms with Crippen LogP contribution in [0.1, 0.15) is 277 Å². The first kappa shape index (κ1) is 67.9. The summed E-state index contributed by atoms with van der Waals surface area (Å²) in [7, 11) is 0. The lowest BCUT2D eigenvalue weighted by Crippen LogP contribution is -2.32. The van der Waals surface area contributed by atoms with Crippen molar-refractivity contribution < 1.29 is 57.1 Å². The summed E-state index contributed by atoms with van der Waals surface area (Å²) < 4.78 is 51.2. The highest BCUT2D eigenvalue weighted by molar-refractivity contribution is 5.88. The molecule has 0 spiro atoms. The van der Waals surface area contributed by atoms with E-state index in [0.29, 0.717) is 12.8 Å². The van der Waals surface area contributed by atoms with Gasteiger partial charge in [-0.2, -0.15) is 0 Å². The fourth-order valence-electron chi connectivity index (χ4n) is 11.7. The molecule has 0 aliphatic carbocycles. The van der Waals surface area contributed by atoms with Gasteiger partial charge in [0.1, 0.15) is 62.5 Å². The van der Waals surface area contributed by atoms with E-state index in [-0.39, 0.29) is 36.8 Å². The number of ether oxygens (including phenoxy) is 8. The summed E-state index contributed by atoms with van der Waals surface area (Å²) in [5.74, 6) is -2.18. The molecule has 8 rings (SSSR count). The Morgan fingerprint density at radius 2 is 0.698 bits per heavy atom. The van der Waals surface area contributed by atoms with E-state index in [2.05, 4.69) is 34.0 Å². The Morgan fingerprint density at radius 3 is 0.988 bits per heavy atom. The minimum atomic E-state index is -0.733. The van der Waals surface area contributed by atoms with Crippen molar-refractivity contribution in [3.05, 3.63) is 96.1 Å². The Balaban J connectivity index is 0.000000246. The van der Waals surface area contributed by atoms with Gasteiger partial charge >= 0.3 is 11.9 Å². The van der Waals surface area contributed by atoms with Gasteiger partial charge in [-0.3, -0.25) is 19.2 Å². The van der Waals surface area contributed by atoms with Gasteiger partial charge in [0.25, 0.3) is 11.8 Å². The van der Waals surface area contributed by atoms with Crippen LogP contribution < -0.4 is 11.5 Å². The van der Waals surface area contributed by atoms with Gasteiger partial charge in [0, 0.05) is 24.0 Å². The van der Waals surface area contributed by atoms with Gasteiger partial charge in [0.05, 0.1) is 0 Å². The van der Waals surface area contributed by atoms with Crippen molar-refractivity contribution in [2.24, 2.45) is 11.5 Å². The predicted octanol–water partition coefficient (Wildman–Crippen LogP) is 13.1. The molecule has 2 aromatic carbocycles. The van der Waals surface area contributed by atoms with E-state index in [1.807, 2.05) is 60.7 Å². The smallest absolute Gasteiger partial charge is 0.305 e. The van der Waals surface area contributed by atoms with E-state index in [0.717, 1.165) is 49.7 Å². The first-order valence-corrected chi connectivity index (χ1v) is 32.9. The molecule has 20 heteroatoms. The van der Waals surface area contributed by atoms with E-state index >= 15 is 0 Å². The largest absolute Gasteiger partial charge is 0.463 e. The van der Waals surface area contributed by atoms with Crippen LogP contribution in [0.4, 0.5) is 0 Å². The van der Waals surface area contributed by atoms with Crippen molar-refractivity contribution in [2.45, 2.75) is 281 Å². The van der Waals surface area contributed by atoms with E-state index in [1.165, 1.54) is 176 Å². The Morgan fingerprint density at radius 1 is 0.407 bits per heavy atom. The lowest BCUT2D eigenvalue weighted by Gasteiger charge is -2.20. The maximum Gasteiger partial charge on any atom is 0.305 e. The van der Waals surface area contributed by atoms with Crippen molar-refractivity contribution in [3.63, 3.8) is 0 Å². The lowest BCUT2D eigenvalue weighted by molar-refractivity contribution is -0.168. The second kappa shape index (κ2) is 38.6. The second-order valence-corrected chi connectivity index (χ2v) is 23.6. The number of aromatic nitrogens is 6. The molecule has 476 valence electrons. The van der Waals surface area contributed by atoms with Crippen molar-refractivity contribution >= 4 is 23.8 Å². The van der Waals surface area contributed by atoms with Crippen LogP contribution in [0.15, 0.2) is 73.3 Å². The van der Waals surface area contributed by atoms with Gasteiger partial charge in [-0.25, -0.2) is 19.3 Å². The highest BCUT2D eigenvalue weighted by Gasteiger charge is 2.56. The normalized spacial score (nSPS) is 23.0. The monoisotopic (exact) mass is 1200 g/mol. The Labute approximate surface area is 510 Å². The van der Waals surface area contributed by atoms with E-state index in [9.17, 15) is 19.2 Å². The van der Waals surface area contributed by atoms with Gasteiger partial charge in [0.15, 0.2) is 25.0 Å². The molecule has 0 bridgehead atoms. The molecule has 0 radical (unpaired) electrons. The first-order valence-electron chi connectivity index (χ1n) is 32.9. The molecule has 0 saturated carbocycles. The highest BCUT2D eigenvalue weighted by Crippen LogP contribution is 2.45. The molecule has 4 fully saturated rings. The predicted molar refractivity (Wildman–Crippen MR) is 324 cm³/mol. The summed E-state index contributed by atoms with van der Waals surface area (Å²) in [6, 6.07) is 19.2. The Bertz CT molecular complexity index is 2360. The number of esters is 2. The van der Waals surface area contributed by atoms with Gasteiger partial charge in [-0.15, -0.1) is 10.2 Å². The van der Waals surface area contributed by atoms with E-state index in [4.69, 9.17) is 49.4 Å². The number of benzene rings is 2. The lowest BCUT2D eigenvalue weighted by atomic mass is 10.0. The van der Waals surface area contributed by atoms with Crippen molar-refractivity contribution in [3.8, 4) is 0 Å². The number of carbonyl (C=O) groups excluding carboxylic acids is 4. The molecule has 10 atom stereocenters. The standard InChI is InChI=1S/2C33H50N4O6/c2*1-2-3-4-5-6-7-8-9-10-11-12-13-14-15-19-22-27(38)40-23-26-28-29(43-33(42-28)25-20-17-16-18-21-25)32(41-26)37-24-35-31(36-37)30(34)39/h2*16-18,20-21,24,26,28-29,32-33H,2-15,19,22-23H2,1H3,(H2,34,39)/t2*26-,28?,29-,32-,33?/m11/s1. The second-order valence-electron chi connectivity index (χ2n) is 23.6. The molecular weight excluding hydrogens is 1100 g/mol. The number of rotatable bonds is 42. The summed E-state index contributed by atoms with van der Waals surface area (Å²) in [6.07, 6.45) is 36.2. The van der Waals surface area contributed by atoms with E-state index in [1.54, 1.807) is 0 Å². The van der Waals surface area contributed by atoms with Crippen LogP contribution in [0.5, 0.6) is 0 Å². The Kier molecular flexibility index (Phi) is 30.5. The molecule has 4 saturated heterocycles. The number of hydrogen-bond acceptors (Lipinski definition) is 16. The van der Waals surface area contributed by atoms with Gasteiger partial charge < -0.3 is 49.4 Å². The molecule has 4 aliphatic rings. The molecule has 2 amide bonds. The van der Waals surface area contributed by atoms with Crippen molar-refractivity contribution in [1.82, 2.24) is 29.5 Å². The molecule has 20 nitrogen and oxygen atoms in total. The van der Waals surface area contributed by atoms with Crippen LogP contribution in [-0.4, -0.2) is 103 Å². The molecular formula is C66H100N8O12. The molecule has 6 heterocycles. The van der Waals surface area contributed by atoms with Crippen molar-refractivity contribution in [1.29, 1.82) is 0 Å². The quantitative estimate of drug-likeness (QED) is 0.0309. The number of amides is 2. The van der Waals surface area contributed by atoms with Gasteiger partial charge in [0.2, 0.25) is 11.6 Å². The summed E-state index contributed by atoms with van der Waals surface area (Å²) in [5.41, 5.74) is 12.4. The number of fused-ring (bicyclic) bond motifs is 2. The maximum absolute atomic E-state index is 12.5. The van der Waals surface area contributed by atoms with Gasteiger partial charge in [-0.05, 0) is 12.8 Å². The van der Waals surface area contributed by atoms with Crippen LogP contribution in [0.2, 0.25) is 0 Å². The number of hydrogen-bond donors (Lipinski definition) is 2. The number of unbranched alkanes of at least 4 members (excludes halogenated alkanes) is 28. The fourth-order valence-corrected chi connectivity index (χ4v) is 11.7. The SMILES string of the molecule is CCCCCCCCCCCCCCCCCC(=O)OC[C@H]1O[C@@H](n2cnc(C(N)=O)n2)[C@@H]2OC(c3ccccc3)OC21.CCCCCCCCCCCCCCCCCC(=O)OC[C@H]1O[C@@H](n2cnc(C(N)=O)n2)[C@@H]2OC(c3ccccc3)OC21. The number of carbonyl (C=O) groups is 4. The summed E-state index contributed by atoms with van der Waals surface area (Å²) in [6.45, 7) is 4.61. The average Bonchev–Trinajstić information content (AvgIpc) is 2.07. The summed E-state index contributed by atoms with van der Waals surface area (Å²) >= 11 is 0. The van der Waals surface area contributed by atoms with Crippen LogP contribution in [-0.2, 0) is 47.5 Å². The molecule has 4 unspecified atom stereocenters. The summed E-state index contributed by atoms with van der Waals surface area (Å²) in [5, 5.41) is 8.29. The van der Waals surface area contributed by atoms with E-state index < -0.39 is 73.5 Å². The number of nitrogens with zero attached hydrogens (tertiary/aromatic N) is 6. The minimum Gasteiger partial charge on any atom is -0.463 e. The maximum atomic E-state index is 12.5. The molecule has 4 N–H and O–H groups in total. The van der Waals surface area contributed by atoms with Crippen LogP contribution in [0.3, 0.4) is 0 Å². The highest BCUT2D eigenvalue weighted by atomic mass is 16.8. The third-order valence-electron chi connectivity index (χ3n) is 16.6. The Hall–Kier alpha value is -5.64.